The Hall–Kier alpha value is -1.21. The normalized spacial score (nSPS) is 13.4. The number of carbonyl (C=O) groups excluding carboxylic acids is 1. The maximum atomic E-state index is 11.5. The first-order valence-corrected chi connectivity index (χ1v) is 6.49. The first-order chi connectivity index (χ1) is 7.63. The second-order valence-corrected chi connectivity index (χ2v) is 5.04. The molecule has 1 rings (SSSR count). The van der Waals surface area contributed by atoms with Crippen LogP contribution in [0.25, 0.3) is 0 Å². The summed E-state index contributed by atoms with van der Waals surface area (Å²) in [5.74, 6) is 5.09. The minimum atomic E-state index is -0.0856. The Morgan fingerprint density at radius 1 is 1.75 bits per heavy atom. The highest BCUT2D eigenvalue weighted by atomic mass is 32.2. The zero-order valence-corrected chi connectivity index (χ0v) is 10.5. The summed E-state index contributed by atoms with van der Waals surface area (Å²) in [6.45, 7) is 1.94. The summed E-state index contributed by atoms with van der Waals surface area (Å²) in [5, 5.41) is 8.32. The fourth-order valence-electron chi connectivity index (χ4n) is 1.07. The molecule has 0 aliphatic carbocycles. The van der Waals surface area contributed by atoms with Crippen molar-refractivity contribution in [3.63, 3.8) is 0 Å². The van der Waals surface area contributed by atoms with Crippen molar-refractivity contribution >= 4 is 34.2 Å². The van der Waals surface area contributed by atoms with Crippen LogP contribution in [0.15, 0.2) is 22.6 Å². The second-order valence-electron chi connectivity index (χ2n) is 3.06. The van der Waals surface area contributed by atoms with E-state index in [0.717, 1.165) is 16.6 Å². The molecule has 5 N–H and O–H groups in total. The number of nitrogens with zero attached hydrogens (tertiary/aromatic N) is 1. The molecule has 0 spiro atoms. The number of carbonyl (C=O) groups is 1. The van der Waals surface area contributed by atoms with Gasteiger partial charge in [-0.3, -0.25) is 4.79 Å². The molecular weight excluding hydrogens is 244 g/mol. The molecule has 1 aromatic heterocycles. The number of hydrogen-bond donors (Lipinski definition) is 3. The van der Waals surface area contributed by atoms with Gasteiger partial charge in [0.25, 0.3) is 0 Å². The van der Waals surface area contributed by atoms with Crippen molar-refractivity contribution in [3.8, 4) is 0 Å². The van der Waals surface area contributed by atoms with E-state index in [0.29, 0.717) is 0 Å². The maximum Gasteiger partial charge on any atom is 0.230 e. The van der Waals surface area contributed by atoms with Crippen molar-refractivity contribution in [2.45, 2.75) is 13.0 Å². The van der Waals surface area contributed by atoms with E-state index in [2.05, 4.69) is 10.4 Å². The molecule has 1 amide bonds. The number of amidine groups is 1. The van der Waals surface area contributed by atoms with Crippen LogP contribution < -0.4 is 16.9 Å². The van der Waals surface area contributed by atoms with Crippen molar-refractivity contribution in [1.29, 1.82) is 0 Å². The van der Waals surface area contributed by atoms with Gasteiger partial charge in [0.15, 0.2) is 5.17 Å². The number of rotatable bonds is 4. The van der Waals surface area contributed by atoms with E-state index in [4.69, 9.17) is 11.6 Å². The lowest BCUT2D eigenvalue weighted by molar-refractivity contribution is -0.119. The van der Waals surface area contributed by atoms with E-state index in [1.165, 1.54) is 0 Å². The van der Waals surface area contributed by atoms with E-state index in [9.17, 15) is 4.79 Å². The summed E-state index contributed by atoms with van der Waals surface area (Å²) < 4.78 is 0. The fourth-order valence-corrected chi connectivity index (χ4v) is 2.24. The third kappa shape index (κ3) is 4.11. The number of thiophene rings is 1. The minimum Gasteiger partial charge on any atom is -0.377 e. The number of amides is 1. The molecule has 1 unspecified atom stereocenters. The largest absolute Gasteiger partial charge is 0.377 e. The predicted molar refractivity (Wildman–Crippen MR) is 69.1 cm³/mol. The van der Waals surface area contributed by atoms with Crippen molar-refractivity contribution in [2.75, 3.05) is 5.75 Å². The molecule has 0 aliphatic rings. The molecule has 1 aromatic rings. The smallest absolute Gasteiger partial charge is 0.230 e. The zero-order valence-electron chi connectivity index (χ0n) is 8.84. The minimum absolute atomic E-state index is 0.0177. The monoisotopic (exact) mass is 258 g/mol. The Kier molecular flexibility index (Phi) is 5.13. The van der Waals surface area contributed by atoms with Crippen LogP contribution >= 0.6 is 23.1 Å². The molecule has 0 radical (unpaired) electrons. The molecule has 7 heteroatoms. The molecule has 0 aromatic carbocycles. The lowest BCUT2D eigenvalue weighted by atomic mass is 10.3. The molecule has 5 nitrogen and oxygen atoms in total. The first kappa shape index (κ1) is 12.9. The molecule has 1 heterocycles. The highest BCUT2D eigenvalue weighted by Crippen LogP contribution is 2.18. The van der Waals surface area contributed by atoms with Gasteiger partial charge in [0.1, 0.15) is 0 Å². The van der Waals surface area contributed by atoms with Crippen LogP contribution in [0.5, 0.6) is 0 Å². The van der Waals surface area contributed by atoms with Crippen LogP contribution in [-0.2, 0) is 4.79 Å². The van der Waals surface area contributed by atoms with Gasteiger partial charge in [0, 0.05) is 4.88 Å². The van der Waals surface area contributed by atoms with Gasteiger partial charge in [-0.2, -0.15) is 5.10 Å². The molecule has 1 atom stereocenters. The number of nitrogens with one attached hydrogen (secondary N) is 1. The predicted octanol–water partition coefficient (Wildman–Crippen LogP) is 0.847. The molecule has 0 saturated heterocycles. The SMILES string of the molecule is CC(NC(=O)CSC(N)=NN)c1cccs1. The van der Waals surface area contributed by atoms with E-state index < -0.39 is 0 Å². The molecule has 0 fully saturated rings. The van der Waals surface area contributed by atoms with Gasteiger partial charge in [-0.05, 0) is 18.4 Å². The lowest BCUT2D eigenvalue weighted by Crippen LogP contribution is -2.28. The van der Waals surface area contributed by atoms with Crippen molar-refractivity contribution in [1.82, 2.24) is 5.32 Å². The average molecular weight is 258 g/mol. The van der Waals surface area contributed by atoms with E-state index in [-0.39, 0.29) is 22.9 Å². The van der Waals surface area contributed by atoms with Crippen LogP contribution in [0, 0.1) is 0 Å². The van der Waals surface area contributed by atoms with Crippen molar-refractivity contribution in [2.24, 2.45) is 16.7 Å². The van der Waals surface area contributed by atoms with Gasteiger partial charge in [-0.15, -0.1) is 11.3 Å². The summed E-state index contributed by atoms with van der Waals surface area (Å²) in [7, 11) is 0. The van der Waals surface area contributed by atoms with Gasteiger partial charge in [0.05, 0.1) is 11.8 Å². The molecule has 0 bridgehead atoms. The summed E-state index contributed by atoms with van der Waals surface area (Å²) in [4.78, 5) is 12.6. The van der Waals surface area contributed by atoms with Crippen LogP contribution in [0.1, 0.15) is 17.8 Å². The molecule has 0 aliphatic heterocycles. The highest BCUT2D eigenvalue weighted by molar-refractivity contribution is 8.14. The van der Waals surface area contributed by atoms with Gasteiger partial charge >= 0.3 is 0 Å². The Morgan fingerprint density at radius 3 is 3.06 bits per heavy atom. The molecular formula is C9H14N4OS2. The van der Waals surface area contributed by atoms with E-state index in [1.807, 2.05) is 24.4 Å². The summed E-state index contributed by atoms with van der Waals surface area (Å²) >= 11 is 2.73. The number of hydrazone groups is 1. The maximum absolute atomic E-state index is 11.5. The Labute approximate surface area is 102 Å². The molecule has 88 valence electrons. The Balaban J connectivity index is 2.35. The van der Waals surface area contributed by atoms with E-state index in [1.54, 1.807) is 11.3 Å². The van der Waals surface area contributed by atoms with Gasteiger partial charge < -0.3 is 16.9 Å². The summed E-state index contributed by atoms with van der Waals surface area (Å²) in [6, 6.07) is 3.96. The van der Waals surface area contributed by atoms with Crippen LogP contribution in [0.4, 0.5) is 0 Å². The number of nitrogens with two attached hydrogens (primary N) is 2. The highest BCUT2D eigenvalue weighted by Gasteiger charge is 2.10. The Morgan fingerprint density at radius 2 is 2.50 bits per heavy atom. The Bertz CT molecular complexity index is 364. The van der Waals surface area contributed by atoms with Crippen LogP contribution in [-0.4, -0.2) is 16.8 Å². The lowest BCUT2D eigenvalue weighted by Gasteiger charge is -2.11. The van der Waals surface area contributed by atoms with Crippen LogP contribution in [0.3, 0.4) is 0 Å². The molecule has 16 heavy (non-hydrogen) atoms. The summed E-state index contributed by atoms with van der Waals surface area (Å²) in [5.41, 5.74) is 5.36. The first-order valence-electron chi connectivity index (χ1n) is 4.62. The van der Waals surface area contributed by atoms with Gasteiger partial charge in [-0.1, -0.05) is 17.8 Å². The van der Waals surface area contributed by atoms with E-state index >= 15 is 0 Å². The standard InChI is InChI=1S/C9H14N4OS2/c1-6(7-3-2-4-15-7)12-8(14)5-16-9(10)13-11/h2-4,6H,5,11H2,1H3,(H2,10,13)(H,12,14). The third-order valence-corrected chi connectivity index (χ3v) is 3.69. The van der Waals surface area contributed by atoms with Crippen molar-refractivity contribution < 1.29 is 4.79 Å². The van der Waals surface area contributed by atoms with Gasteiger partial charge in [-0.25, -0.2) is 0 Å². The second kappa shape index (κ2) is 6.39. The topological polar surface area (TPSA) is 93.5 Å². The quantitative estimate of drug-likeness (QED) is 0.323. The van der Waals surface area contributed by atoms with Crippen LogP contribution in [0.2, 0.25) is 0 Å². The average Bonchev–Trinajstić information content (AvgIpc) is 2.79. The fraction of sp³-hybridized carbons (Fsp3) is 0.333. The summed E-state index contributed by atoms with van der Waals surface area (Å²) in [6.07, 6.45) is 0. The molecule has 0 saturated carbocycles. The number of thioether (sulfide) groups is 1. The zero-order chi connectivity index (χ0) is 12.0. The number of hydrogen-bond acceptors (Lipinski definition) is 5. The van der Waals surface area contributed by atoms with Gasteiger partial charge in [0.2, 0.25) is 5.91 Å². The third-order valence-electron chi connectivity index (χ3n) is 1.83. The van der Waals surface area contributed by atoms with Crippen molar-refractivity contribution in [3.05, 3.63) is 22.4 Å².